The summed E-state index contributed by atoms with van der Waals surface area (Å²) in [5.74, 6) is -0.284. The maximum atomic E-state index is 9.41. The van der Waals surface area contributed by atoms with Crippen molar-refractivity contribution in [2.75, 3.05) is 5.43 Å². The predicted octanol–water partition coefficient (Wildman–Crippen LogP) is 0.928. The molecule has 1 aromatic rings. The second-order valence-corrected chi connectivity index (χ2v) is 3.10. The molecule has 0 aliphatic carbocycles. The van der Waals surface area contributed by atoms with Crippen molar-refractivity contribution in [2.24, 2.45) is 10.8 Å². The first-order valence-corrected chi connectivity index (χ1v) is 4.42. The van der Waals surface area contributed by atoms with Crippen LogP contribution in [-0.4, -0.2) is 16.7 Å². The average molecular weight is 217 g/mol. The van der Waals surface area contributed by atoms with Gasteiger partial charge in [0.2, 0.25) is 5.71 Å². The van der Waals surface area contributed by atoms with Crippen LogP contribution in [0.3, 0.4) is 0 Å². The molecule has 0 fully saturated rings. The number of aromatic hydroxyl groups is 1. The molecule has 0 bridgehead atoms. The Kier molecular flexibility index (Phi) is 3.45. The highest BCUT2D eigenvalue weighted by Crippen LogP contribution is 2.20. The van der Waals surface area contributed by atoms with Crippen molar-refractivity contribution in [2.45, 2.75) is 6.92 Å². The Morgan fingerprint density at radius 3 is 2.81 bits per heavy atom. The largest absolute Gasteiger partial charge is 0.508 e. The number of nitrogens with two attached hydrogens (primary N) is 1. The molecule has 0 saturated heterocycles. The number of benzene rings is 1. The van der Waals surface area contributed by atoms with Crippen molar-refractivity contribution in [1.29, 1.82) is 10.7 Å². The Balaban J connectivity index is 2.86. The molecule has 0 heterocycles. The molecule has 6 nitrogen and oxygen atoms in total. The number of phenolic OH excluding ortho intramolecular Hbond substituents is 1. The predicted molar refractivity (Wildman–Crippen MR) is 61.4 cm³/mol. The topological polar surface area (TPSA) is 118 Å². The van der Waals surface area contributed by atoms with E-state index in [1.165, 1.54) is 6.07 Å². The monoisotopic (exact) mass is 217 g/mol. The van der Waals surface area contributed by atoms with Crippen molar-refractivity contribution in [3.8, 4) is 11.8 Å². The van der Waals surface area contributed by atoms with Gasteiger partial charge in [-0.25, -0.2) is 0 Å². The molecule has 0 aliphatic rings. The van der Waals surface area contributed by atoms with Crippen LogP contribution in [-0.2, 0) is 0 Å². The molecule has 0 unspecified atom stereocenters. The fraction of sp³-hybridized carbons (Fsp3) is 0.100. The SMILES string of the molecule is Cc1ccc(N/N=C(\C#N)C(=N)N)cc1O. The van der Waals surface area contributed by atoms with E-state index in [4.69, 9.17) is 16.4 Å². The van der Waals surface area contributed by atoms with Crippen LogP contribution in [0.2, 0.25) is 0 Å². The minimum atomic E-state index is -0.411. The summed E-state index contributed by atoms with van der Waals surface area (Å²) in [6, 6.07) is 6.53. The van der Waals surface area contributed by atoms with Gasteiger partial charge in [-0.3, -0.25) is 10.8 Å². The highest BCUT2D eigenvalue weighted by atomic mass is 16.3. The van der Waals surface area contributed by atoms with Crippen LogP contribution >= 0.6 is 0 Å². The lowest BCUT2D eigenvalue weighted by molar-refractivity contribution is 0.471. The molecule has 16 heavy (non-hydrogen) atoms. The fourth-order valence-electron chi connectivity index (χ4n) is 0.945. The van der Waals surface area contributed by atoms with Crippen molar-refractivity contribution in [3.63, 3.8) is 0 Å². The third-order valence-corrected chi connectivity index (χ3v) is 1.87. The van der Waals surface area contributed by atoms with E-state index in [0.717, 1.165) is 5.56 Å². The van der Waals surface area contributed by atoms with E-state index < -0.39 is 5.84 Å². The molecular weight excluding hydrogens is 206 g/mol. The molecule has 5 N–H and O–H groups in total. The number of nitrogens with one attached hydrogen (secondary N) is 2. The number of phenols is 1. The van der Waals surface area contributed by atoms with Gasteiger partial charge in [-0.15, -0.1) is 0 Å². The van der Waals surface area contributed by atoms with Crippen molar-refractivity contribution < 1.29 is 5.11 Å². The molecule has 0 spiro atoms. The van der Waals surface area contributed by atoms with Gasteiger partial charge in [0, 0.05) is 6.07 Å². The zero-order valence-electron chi connectivity index (χ0n) is 8.65. The average Bonchev–Trinajstić information content (AvgIpc) is 2.23. The number of hydrazone groups is 1. The van der Waals surface area contributed by atoms with E-state index in [1.807, 2.05) is 0 Å². The van der Waals surface area contributed by atoms with E-state index in [1.54, 1.807) is 25.1 Å². The molecule has 0 aliphatic heterocycles. The normalized spacial score (nSPS) is 10.6. The molecule has 0 atom stereocenters. The van der Waals surface area contributed by atoms with Crippen LogP contribution in [0.25, 0.3) is 0 Å². The first-order valence-electron chi connectivity index (χ1n) is 4.42. The third-order valence-electron chi connectivity index (χ3n) is 1.87. The van der Waals surface area contributed by atoms with Crippen LogP contribution in [0, 0.1) is 23.7 Å². The lowest BCUT2D eigenvalue weighted by Crippen LogP contribution is -2.21. The summed E-state index contributed by atoms with van der Waals surface area (Å²) in [4.78, 5) is 0. The molecule has 0 aromatic heterocycles. The van der Waals surface area contributed by atoms with Crippen molar-refractivity contribution in [1.82, 2.24) is 0 Å². The minimum Gasteiger partial charge on any atom is -0.508 e. The van der Waals surface area contributed by atoms with Gasteiger partial charge < -0.3 is 10.8 Å². The fourth-order valence-corrected chi connectivity index (χ4v) is 0.945. The molecule has 0 saturated carbocycles. The van der Waals surface area contributed by atoms with Crippen LogP contribution in [0.15, 0.2) is 23.3 Å². The molecular formula is C10H11N5O. The molecule has 82 valence electrons. The van der Waals surface area contributed by atoms with Gasteiger partial charge in [0.25, 0.3) is 0 Å². The number of anilines is 1. The lowest BCUT2D eigenvalue weighted by atomic mass is 10.2. The summed E-state index contributed by atoms with van der Waals surface area (Å²) < 4.78 is 0. The first-order chi connectivity index (χ1) is 7.54. The number of hydrogen-bond acceptors (Lipinski definition) is 5. The number of aryl methyl sites for hydroxylation is 1. The quantitative estimate of drug-likeness (QED) is 0.342. The Morgan fingerprint density at radius 2 is 2.31 bits per heavy atom. The zero-order valence-corrected chi connectivity index (χ0v) is 8.65. The second kappa shape index (κ2) is 4.79. The number of rotatable bonds is 3. The van der Waals surface area contributed by atoms with Gasteiger partial charge in [-0.1, -0.05) is 6.07 Å². The van der Waals surface area contributed by atoms with Crippen LogP contribution in [0.5, 0.6) is 5.75 Å². The summed E-state index contributed by atoms with van der Waals surface area (Å²) >= 11 is 0. The van der Waals surface area contributed by atoms with E-state index in [0.29, 0.717) is 5.69 Å². The Bertz CT molecular complexity index is 486. The number of hydrogen-bond donors (Lipinski definition) is 4. The highest BCUT2D eigenvalue weighted by Gasteiger charge is 2.01. The van der Waals surface area contributed by atoms with Gasteiger partial charge >= 0.3 is 0 Å². The van der Waals surface area contributed by atoms with Gasteiger partial charge in [-0.2, -0.15) is 10.4 Å². The summed E-state index contributed by atoms with van der Waals surface area (Å²) in [5, 5.41) is 28.6. The minimum absolute atomic E-state index is 0.126. The maximum Gasteiger partial charge on any atom is 0.201 e. The Morgan fingerprint density at radius 1 is 1.62 bits per heavy atom. The molecule has 6 heteroatoms. The van der Waals surface area contributed by atoms with E-state index in [2.05, 4.69) is 10.5 Å². The highest BCUT2D eigenvalue weighted by molar-refractivity contribution is 6.45. The van der Waals surface area contributed by atoms with Gasteiger partial charge in [-0.05, 0) is 18.6 Å². The molecule has 0 radical (unpaired) electrons. The third kappa shape index (κ3) is 2.72. The smallest absolute Gasteiger partial charge is 0.201 e. The zero-order chi connectivity index (χ0) is 12.1. The standard InChI is InChI=1S/C10H11N5O/c1-6-2-3-7(4-9(6)16)14-15-8(5-11)10(12)13/h2-4,14,16H,1H3,(H3,12,13)/b15-8+. The van der Waals surface area contributed by atoms with Crippen molar-refractivity contribution in [3.05, 3.63) is 23.8 Å². The second-order valence-electron chi connectivity index (χ2n) is 3.10. The summed E-state index contributed by atoms with van der Waals surface area (Å²) in [6.07, 6.45) is 0. The van der Waals surface area contributed by atoms with Crippen LogP contribution in [0.1, 0.15) is 5.56 Å². The van der Waals surface area contributed by atoms with Crippen LogP contribution in [0.4, 0.5) is 5.69 Å². The first kappa shape index (κ1) is 11.5. The summed E-state index contributed by atoms with van der Waals surface area (Å²) in [5.41, 5.74) is 8.68. The van der Waals surface area contributed by atoms with Gasteiger partial charge in [0.15, 0.2) is 5.84 Å². The summed E-state index contributed by atoms with van der Waals surface area (Å²) in [7, 11) is 0. The van der Waals surface area contributed by atoms with E-state index in [-0.39, 0.29) is 11.5 Å². The molecule has 0 amide bonds. The van der Waals surface area contributed by atoms with E-state index in [9.17, 15) is 5.11 Å². The molecule has 1 rings (SSSR count). The number of nitriles is 1. The van der Waals surface area contributed by atoms with E-state index >= 15 is 0 Å². The van der Waals surface area contributed by atoms with Gasteiger partial charge in [0.05, 0.1) is 5.69 Å². The number of amidine groups is 1. The maximum absolute atomic E-state index is 9.41. The van der Waals surface area contributed by atoms with Crippen LogP contribution < -0.4 is 11.2 Å². The molecule has 1 aromatic carbocycles. The lowest BCUT2D eigenvalue weighted by Gasteiger charge is -2.03. The van der Waals surface area contributed by atoms with Crippen molar-refractivity contribution >= 4 is 17.2 Å². The Hall–Kier alpha value is -2.55. The summed E-state index contributed by atoms with van der Waals surface area (Å²) in [6.45, 7) is 1.76. The number of nitrogens with zero attached hydrogens (tertiary/aromatic N) is 2. The van der Waals surface area contributed by atoms with Gasteiger partial charge in [0.1, 0.15) is 11.8 Å². The Labute approximate surface area is 92.5 Å².